The molecule has 1 fully saturated rings. The van der Waals surface area contributed by atoms with Crippen LogP contribution in [0.25, 0.3) is 0 Å². The van der Waals surface area contributed by atoms with Crippen LogP contribution in [0.2, 0.25) is 0 Å². The summed E-state index contributed by atoms with van der Waals surface area (Å²) in [5, 5.41) is 26.1. The highest BCUT2D eigenvalue weighted by molar-refractivity contribution is 5.94. The van der Waals surface area contributed by atoms with Crippen molar-refractivity contribution in [2.75, 3.05) is 20.2 Å². The number of nitrogens with one attached hydrogen (secondary N) is 2. The summed E-state index contributed by atoms with van der Waals surface area (Å²) in [6, 6.07) is 5.86. The van der Waals surface area contributed by atoms with E-state index < -0.39 is 54.0 Å². The molecule has 40 heavy (non-hydrogen) atoms. The zero-order chi connectivity index (χ0) is 29.8. The van der Waals surface area contributed by atoms with Crippen LogP contribution in [0.1, 0.15) is 45.1 Å². The average molecular weight is 563 g/mol. The van der Waals surface area contributed by atoms with Crippen molar-refractivity contribution in [1.82, 2.24) is 15.5 Å². The lowest BCUT2D eigenvalue weighted by Crippen LogP contribution is -2.56. The fraction of sp³-hybridized carbons (Fsp3) is 0.593. The van der Waals surface area contributed by atoms with Crippen LogP contribution in [-0.2, 0) is 30.3 Å². The number of esters is 1. The number of rotatable bonds is 14. The molecule has 0 unspecified atom stereocenters. The van der Waals surface area contributed by atoms with Crippen molar-refractivity contribution < 1.29 is 34.1 Å². The first kappa shape index (κ1) is 32.5. The number of hydrogen-bond donors (Lipinski definition) is 6. The van der Waals surface area contributed by atoms with Gasteiger partial charge in [-0.15, -0.1) is 0 Å². The molecule has 2 rings (SSSR count). The van der Waals surface area contributed by atoms with Crippen LogP contribution in [0.5, 0.6) is 0 Å². The topological polar surface area (TPSA) is 210 Å². The summed E-state index contributed by atoms with van der Waals surface area (Å²) < 4.78 is 4.80. The number of aliphatic hydroxyl groups is 2. The fourth-order valence-electron chi connectivity index (χ4n) is 4.56. The van der Waals surface area contributed by atoms with Crippen LogP contribution in [0.4, 0.5) is 0 Å². The number of aliphatic hydroxyl groups excluding tert-OH is 2. The van der Waals surface area contributed by atoms with Gasteiger partial charge in [0.1, 0.15) is 24.2 Å². The van der Waals surface area contributed by atoms with Gasteiger partial charge in [-0.25, -0.2) is 4.79 Å². The highest BCUT2D eigenvalue weighted by atomic mass is 16.5. The van der Waals surface area contributed by atoms with E-state index in [1.165, 1.54) is 12.0 Å². The lowest BCUT2D eigenvalue weighted by Gasteiger charge is -2.30. The minimum absolute atomic E-state index is 0.00533. The Balaban J connectivity index is 2.13. The molecule has 222 valence electrons. The number of ether oxygens (including phenoxy) is 1. The molecule has 3 amide bonds. The molecule has 8 N–H and O–H groups in total. The number of carbonyl (C=O) groups excluding carboxylic acids is 4. The van der Waals surface area contributed by atoms with Crippen LogP contribution < -0.4 is 22.1 Å². The molecule has 5 atom stereocenters. The van der Waals surface area contributed by atoms with E-state index in [9.17, 15) is 29.4 Å². The maximum atomic E-state index is 13.6. The Hall–Kier alpha value is -3.71. The summed E-state index contributed by atoms with van der Waals surface area (Å²) in [7, 11) is 1.19. The van der Waals surface area contributed by atoms with Crippen LogP contribution in [0, 0.1) is 5.92 Å². The summed E-state index contributed by atoms with van der Waals surface area (Å²) in [6.45, 7) is 3.87. The van der Waals surface area contributed by atoms with Gasteiger partial charge in [0.05, 0.1) is 13.2 Å². The number of carbonyl (C=O) groups is 4. The Morgan fingerprint density at radius 1 is 1.12 bits per heavy atom. The monoisotopic (exact) mass is 562 g/mol. The third-order valence-electron chi connectivity index (χ3n) is 6.51. The van der Waals surface area contributed by atoms with Gasteiger partial charge in [-0.1, -0.05) is 44.2 Å². The van der Waals surface area contributed by atoms with Crippen molar-refractivity contribution in [1.29, 1.82) is 0 Å². The van der Waals surface area contributed by atoms with Crippen molar-refractivity contribution >= 4 is 29.7 Å². The maximum absolute atomic E-state index is 13.6. The molecule has 0 aromatic heterocycles. The van der Waals surface area contributed by atoms with E-state index in [-0.39, 0.29) is 50.7 Å². The second kappa shape index (κ2) is 15.8. The summed E-state index contributed by atoms with van der Waals surface area (Å²) in [5.41, 5.74) is 11.4. The summed E-state index contributed by atoms with van der Waals surface area (Å²) >= 11 is 0. The number of methoxy groups -OCH3 is 1. The van der Waals surface area contributed by atoms with Gasteiger partial charge in [0.15, 0.2) is 5.96 Å². The Kier molecular flexibility index (Phi) is 12.8. The first-order valence-corrected chi connectivity index (χ1v) is 13.4. The second-order valence-electron chi connectivity index (χ2n) is 10.3. The molecule has 0 radical (unpaired) electrons. The molecule has 0 saturated carbocycles. The zero-order valence-electron chi connectivity index (χ0n) is 23.3. The third-order valence-corrected chi connectivity index (χ3v) is 6.51. The van der Waals surface area contributed by atoms with Gasteiger partial charge in [-0.2, -0.15) is 0 Å². The summed E-state index contributed by atoms with van der Waals surface area (Å²) in [6.07, 6.45) is -1.52. The molecule has 0 spiro atoms. The molecular formula is C27H42N6O7. The quantitative estimate of drug-likeness (QED) is 0.0694. The van der Waals surface area contributed by atoms with Crippen molar-refractivity contribution in [3.63, 3.8) is 0 Å². The molecule has 13 nitrogen and oxygen atoms in total. The number of β-amino-alcohol motifs (C(OH)–C–C–N with tert-alkyl or cyclic N) is 1. The minimum Gasteiger partial charge on any atom is -0.467 e. The van der Waals surface area contributed by atoms with Gasteiger partial charge in [-0.05, 0) is 30.7 Å². The smallest absolute Gasteiger partial charge is 0.328 e. The molecule has 1 aliphatic heterocycles. The van der Waals surface area contributed by atoms with Gasteiger partial charge in [0.2, 0.25) is 17.7 Å². The van der Waals surface area contributed by atoms with Crippen molar-refractivity contribution in [3.8, 4) is 0 Å². The van der Waals surface area contributed by atoms with Gasteiger partial charge in [0, 0.05) is 25.9 Å². The maximum Gasteiger partial charge on any atom is 0.328 e. The summed E-state index contributed by atoms with van der Waals surface area (Å²) in [5.74, 6) is -2.69. The van der Waals surface area contributed by atoms with Crippen LogP contribution in [0.15, 0.2) is 35.3 Å². The van der Waals surface area contributed by atoms with E-state index >= 15 is 0 Å². The van der Waals surface area contributed by atoms with E-state index in [2.05, 4.69) is 15.6 Å². The molecule has 1 heterocycles. The van der Waals surface area contributed by atoms with Crippen molar-refractivity contribution in [2.24, 2.45) is 22.4 Å². The normalized spacial score (nSPS) is 18.9. The van der Waals surface area contributed by atoms with Crippen LogP contribution >= 0.6 is 0 Å². The SMILES string of the molecule is COC(=O)[C@H](CCCN=C(N)N)NC(=O)[C@@H]1C[C@@H](O)CN1C(=O)[C@H](CC(C)C)NC(=O)[C@@H](O)Cc1ccccc1. The van der Waals surface area contributed by atoms with Crippen molar-refractivity contribution in [2.45, 2.75) is 76.3 Å². The van der Waals surface area contributed by atoms with E-state index in [4.69, 9.17) is 16.2 Å². The molecular weight excluding hydrogens is 520 g/mol. The van der Waals surface area contributed by atoms with Crippen LogP contribution in [-0.4, -0.2) is 95.3 Å². The Morgan fingerprint density at radius 2 is 1.80 bits per heavy atom. The highest BCUT2D eigenvalue weighted by Crippen LogP contribution is 2.22. The Labute approximate surface area is 234 Å². The number of nitrogens with two attached hydrogens (primary N) is 2. The third kappa shape index (κ3) is 10.1. The van der Waals surface area contributed by atoms with Crippen LogP contribution in [0.3, 0.4) is 0 Å². The zero-order valence-corrected chi connectivity index (χ0v) is 23.3. The number of likely N-dealkylation sites (tertiary alicyclic amines) is 1. The first-order chi connectivity index (χ1) is 18.9. The standard InChI is InChI=1S/C27H42N6O7/c1-16(2)12-20(32-24(37)22(35)13-17-8-5-4-6-9-17)25(38)33-15-18(34)14-21(33)23(36)31-19(26(39)40-3)10-7-11-30-27(28)29/h4-6,8-9,16,18-22,34-35H,7,10-15H2,1-3H3,(H,31,36)(H,32,37)(H4,28,29,30)/t18-,19+,20+,21+,22+/m1/s1. The van der Waals surface area contributed by atoms with E-state index in [1.54, 1.807) is 24.3 Å². The van der Waals surface area contributed by atoms with E-state index in [1.807, 2.05) is 19.9 Å². The van der Waals surface area contributed by atoms with Gasteiger partial charge >= 0.3 is 5.97 Å². The number of guanidine groups is 1. The molecule has 1 saturated heterocycles. The molecule has 0 bridgehead atoms. The molecule has 0 aliphatic carbocycles. The molecule has 13 heteroatoms. The number of aliphatic imine (C=N–C) groups is 1. The van der Waals surface area contributed by atoms with Gasteiger partial charge in [0.25, 0.3) is 0 Å². The molecule has 1 aromatic rings. The molecule has 1 aromatic carbocycles. The highest BCUT2D eigenvalue weighted by Gasteiger charge is 2.42. The average Bonchev–Trinajstić information content (AvgIpc) is 3.30. The van der Waals surface area contributed by atoms with Crippen molar-refractivity contribution in [3.05, 3.63) is 35.9 Å². The lowest BCUT2D eigenvalue weighted by atomic mass is 10.0. The fourth-order valence-corrected chi connectivity index (χ4v) is 4.56. The Bertz CT molecular complexity index is 1030. The largest absolute Gasteiger partial charge is 0.467 e. The number of hydrogen-bond acceptors (Lipinski definition) is 8. The number of nitrogens with zero attached hydrogens (tertiary/aromatic N) is 2. The van der Waals surface area contributed by atoms with E-state index in [0.29, 0.717) is 6.42 Å². The molecule has 1 aliphatic rings. The second-order valence-corrected chi connectivity index (χ2v) is 10.3. The Morgan fingerprint density at radius 3 is 2.40 bits per heavy atom. The summed E-state index contributed by atoms with van der Waals surface area (Å²) in [4.78, 5) is 57.0. The predicted octanol–water partition coefficient (Wildman–Crippen LogP) is -1.21. The van der Waals surface area contributed by atoms with E-state index in [0.717, 1.165) is 5.56 Å². The predicted molar refractivity (Wildman–Crippen MR) is 148 cm³/mol. The van der Waals surface area contributed by atoms with Gasteiger partial charge < -0.3 is 42.0 Å². The first-order valence-electron chi connectivity index (χ1n) is 13.4. The van der Waals surface area contributed by atoms with Gasteiger partial charge in [-0.3, -0.25) is 19.4 Å². The number of amides is 3. The lowest BCUT2D eigenvalue weighted by molar-refractivity contribution is -0.147. The number of benzene rings is 1. The minimum atomic E-state index is -1.38.